The van der Waals surface area contributed by atoms with Gasteiger partial charge in [-0.1, -0.05) is 43.7 Å². The first-order valence-corrected chi connectivity index (χ1v) is 5.99. The van der Waals surface area contributed by atoms with Crippen LogP contribution in [0, 0.1) is 0 Å². The van der Waals surface area contributed by atoms with Crippen molar-refractivity contribution >= 4 is 5.78 Å². The zero-order chi connectivity index (χ0) is 12.1. The highest BCUT2D eigenvalue weighted by atomic mass is 16.3. The molecule has 0 bridgehead atoms. The van der Waals surface area contributed by atoms with Crippen molar-refractivity contribution in [3.63, 3.8) is 0 Å². The Morgan fingerprint density at radius 1 is 1.12 bits per heavy atom. The Morgan fingerprint density at radius 2 is 1.88 bits per heavy atom. The number of hydrogen-bond donors (Lipinski definition) is 0. The number of furan rings is 1. The molecule has 88 valence electrons. The van der Waals surface area contributed by atoms with E-state index in [9.17, 15) is 4.79 Å². The summed E-state index contributed by atoms with van der Waals surface area (Å²) in [7, 11) is 0. The van der Waals surface area contributed by atoms with Crippen LogP contribution in [-0.2, 0) is 0 Å². The van der Waals surface area contributed by atoms with Gasteiger partial charge in [-0.2, -0.15) is 0 Å². The van der Waals surface area contributed by atoms with Gasteiger partial charge in [0.25, 0.3) is 0 Å². The molecule has 0 aliphatic carbocycles. The van der Waals surface area contributed by atoms with E-state index in [0.29, 0.717) is 12.2 Å². The van der Waals surface area contributed by atoms with Gasteiger partial charge in [-0.25, -0.2) is 0 Å². The van der Waals surface area contributed by atoms with E-state index in [1.54, 1.807) is 6.07 Å². The molecule has 0 N–H and O–H groups in total. The fourth-order valence-corrected chi connectivity index (χ4v) is 1.71. The maximum atomic E-state index is 11.8. The maximum Gasteiger partial charge on any atom is 0.198 e. The van der Waals surface area contributed by atoms with Gasteiger partial charge in [0.1, 0.15) is 5.76 Å². The summed E-state index contributed by atoms with van der Waals surface area (Å²) < 4.78 is 5.58. The SMILES string of the molecule is CCCCC(=O)c1ccc(-c2ccccc2)o1. The molecule has 0 saturated heterocycles. The Morgan fingerprint density at radius 3 is 2.59 bits per heavy atom. The molecule has 2 aromatic rings. The highest BCUT2D eigenvalue weighted by Gasteiger charge is 2.11. The lowest BCUT2D eigenvalue weighted by Gasteiger charge is -1.97. The number of unbranched alkanes of at least 4 members (excludes halogenated alkanes) is 1. The molecule has 1 aromatic heterocycles. The first-order valence-electron chi connectivity index (χ1n) is 5.99. The quantitative estimate of drug-likeness (QED) is 0.713. The average Bonchev–Trinajstić information content (AvgIpc) is 2.86. The van der Waals surface area contributed by atoms with E-state index in [1.807, 2.05) is 36.4 Å². The standard InChI is InChI=1S/C15H16O2/c1-2-3-9-13(16)15-11-10-14(17-15)12-7-5-4-6-8-12/h4-8,10-11H,2-3,9H2,1H3. The molecule has 0 aliphatic rings. The van der Waals surface area contributed by atoms with Crippen LogP contribution in [0.1, 0.15) is 36.7 Å². The Labute approximate surface area is 101 Å². The van der Waals surface area contributed by atoms with Crippen molar-refractivity contribution in [2.75, 3.05) is 0 Å². The Hall–Kier alpha value is -1.83. The monoisotopic (exact) mass is 228 g/mol. The van der Waals surface area contributed by atoms with Gasteiger partial charge in [0.15, 0.2) is 11.5 Å². The van der Waals surface area contributed by atoms with E-state index in [-0.39, 0.29) is 5.78 Å². The van der Waals surface area contributed by atoms with Crippen LogP contribution in [-0.4, -0.2) is 5.78 Å². The Kier molecular flexibility index (Phi) is 3.76. The number of rotatable bonds is 5. The zero-order valence-electron chi connectivity index (χ0n) is 9.98. The summed E-state index contributed by atoms with van der Waals surface area (Å²) in [5, 5.41) is 0. The molecule has 0 amide bonds. The summed E-state index contributed by atoms with van der Waals surface area (Å²) in [6.45, 7) is 2.07. The molecule has 0 fully saturated rings. The Balaban J connectivity index is 2.14. The van der Waals surface area contributed by atoms with E-state index in [2.05, 4.69) is 6.92 Å². The summed E-state index contributed by atoms with van der Waals surface area (Å²) in [6.07, 6.45) is 2.51. The van der Waals surface area contributed by atoms with Crippen LogP contribution in [0.25, 0.3) is 11.3 Å². The smallest absolute Gasteiger partial charge is 0.198 e. The molecule has 1 heterocycles. The molecular formula is C15H16O2. The van der Waals surface area contributed by atoms with Gasteiger partial charge in [-0.15, -0.1) is 0 Å². The third-order valence-corrected chi connectivity index (χ3v) is 2.70. The van der Waals surface area contributed by atoms with E-state index in [1.165, 1.54) is 0 Å². The van der Waals surface area contributed by atoms with E-state index >= 15 is 0 Å². The molecule has 0 unspecified atom stereocenters. The summed E-state index contributed by atoms with van der Waals surface area (Å²) in [5.41, 5.74) is 1.00. The molecule has 2 heteroatoms. The maximum absolute atomic E-state index is 11.8. The summed E-state index contributed by atoms with van der Waals surface area (Å²) in [4.78, 5) is 11.8. The lowest BCUT2D eigenvalue weighted by atomic mass is 10.1. The molecule has 2 rings (SSSR count). The summed E-state index contributed by atoms with van der Waals surface area (Å²) in [5.74, 6) is 1.32. The molecular weight excluding hydrogens is 212 g/mol. The predicted octanol–water partition coefficient (Wildman–Crippen LogP) is 4.32. The number of hydrogen-bond acceptors (Lipinski definition) is 2. The normalized spacial score (nSPS) is 10.4. The highest BCUT2D eigenvalue weighted by molar-refractivity contribution is 5.93. The number of carbonyl (C=O) groups excluding carboxylic acids is 1. The third kappa shape index (κ3) is 2.84. The Bertz CT molecular complexity index is 483. The number of ketones is 1. The minimum Gasteiger partial charge on any atom is -0.453 e. The van der Waals surface area contributed by atoms with Crippen LogP contribution in [0.15, 0.2) is 46.9 Å². The second kappa shape index (κ2) is 5.48. The number of benzene rings is 1. The molecule has 17 heavy (non-hydrogen) atoms. The van der Waals surface area contributed by atoms with Crippen LogP contribution in [0.5, 0.6) is 0 Å². The van der Waals surface area contributed by atoms with Gasteiger partial charge in [-0.3, -0.25) is 4.79 Å². The van der Waals surface area contributed by atoms with Crippen LogP contribution in [0.3, 0.4) is 0 Å². The fourth-order valence-electron chi connectivity index (χ4n) is 1.71. The molecule has 0 spiro atoms. The number of Topliss-reactive ketones (excluding diaryl/α,β-unsaturated/α-hetero) is 1. The van der Waals surface area contributed by atoms with E-state index in [4.69, 9.17) is 4.42 Å². The largest absolute Gasteiger partial charge is 0.453 e. The highest BCUT2D eigenvalue weighted by Crippen LogP contribution is 2.22. The van der Waals surface area contributed by atoms with Crippen LogP contribution >= 0.6 is 0 Å². The second-order valence-electron chi connectivity index (χ2n) is 4.06. The van der Waals surface area contributed by atoms with Crippen molar-refractivity contribution < 1.29 is 9.21 Å². The fraction of sp³-hybridized carbons (Fsp3) is 0.267. The molecule has 1 aromatic carbocycles. The van der Waals surface area contributed by atoms with Gasteiger partial charge in [0.05, 0.1) is 0 Å². The molecule has 0 aliphatic heterocycles. The van der Waals surface area contributed by atoms with Crippen LogP contribution in [0.2, 0.25) is 0 Å². The molecule has 0 saturated carbocycles. The third-order valence-electron chi connectivity index (χ3n) is 2.70. The van der Waals surface area contributed by atoms with Crippen molar-refractivity contribution in [3.8, 4) is 11.3 Å². The van der Waals surface area contributed by atoms with Crippen molar-refractivity contribution in [1.29, 1.82) is 0 Å². The molecule has 0 atom stereocenters. The molecule has 0 radical (unpaired) electrons. The number of carbonyl (C=O) groups is 1. The van der Waals surface area contributed by atoms with Crippen molar-refractivity contribution in [2.45, 2.75) is 26.2 Å². The van der Waals surface area contributed by atoms with E-state index < -0.39 is 0 Å². The molecule has 2 nitrogen and oxygen atoms in total. The van der Waals surface area contributed by atoms with Crippen molar-refractivity contribution in [1.82, 2.24) is 0 Å². The summed E-state index contributed by atoms with van der Waals surface area (Å²) >= 11 is 0. The lowest BCUT2D eigenvalue weighted by molar-refractivity contribution is 0.0953. The summed E-state index contributed by atoms with van der Waals surface area (Å²) in [6, 6.07) is 13.4. The van der Waals surface area contributed by atoms with Gasteiger partial charge >= 0.3 is 0 Å². The zero-order valence-corrected chi connectivity index (χ0v) is 9.98. The topological polar surface area (TPSA) is 30.2 Å². The minimum atomic E-state index is 0.0917. The van der Waals surface area contributed by atoms with Gasteiger partial charge in [0, 0.05) is 12.0 Å². The lowest BCUT2D eigenvalue weighted by Crippen LogP contribution is -1.95. The van der Waals surface area contributed by atoms with Gasteiger partial charge in [0.2, 0.25) is 0 Å². The van der Waals surface area contributed by atoms with Crippen LogP contribution in [0.4, 0.5) is 0 Å². The van der Waals surface area contributed by atoms with Crippen LogP contribution < -0.4 is 0 Å². The minimum absolute atomic E-state index is 0.0917. The van der Waals surface area contributed by atoms with Gasteiger partial charge in [-0.05, 0) is 18.6 Å². The van der Waals surface area contributed by atoms with Crippen molar-refractivity contribution in [2.24, 2.45) is 0 Å². The second-order valence-corrected chi connectivity index (χ2v) is 4.06. The average molecular weight is 228 g/mol. The first kappa shape index (κ1) is 11.6. The van der Waals surface area contributed by atoms with Crippen molar-refractivity contribution in [3.05, 3.63) is 48.2 Å². The first-order chi connectivity index (χ1) is 8.31. The van der Waals surface area contributed by atoms with Gasteiger partial charge < -0.3 is 4.42 Å². The predicted molar refractivity (Wildman–Crippen MR) is 68.0 cm³/mol. The van der Waals surface area contributed by atoms with E-state index in [0.717, 1.165) is 24.2 Å².